The van der Waals surface area contributed by atoms with Crippen LogP contribution in [0.2, 0.25) is 0 Å². The number of anilines is 1. The third-order valence-electron chi connectivity index (χ3n) is 4.23. The number of amides is 1. The highest BCUT2D eigenvalue weighted by Gasteiger charge is 2.21. The molecular weight excluding hydrogens is 398 g/mol. The number of ketones is 1. The first kappa shape index (κ1) is 18.2. The molecule has 26 heavy (non-hydrogen) atoms. The van der Waals surface area contributed by atoms with Gasteiger partial charge in [0, 0.05) is 24.2 Å². The molecule has 2 aromatic rings. The third-order valence-corrected chi connectivity index (χ3v) is 4.84. The van der Waals surface area contributed by atoms with Gasteiger partial charge in [-0.3, -0.25) is 9.59 Å². The van der Waals surface area contributed by atoms with Crippen LogP contribution >= 0.6 is 15.9 Å². The van der Waals surface area contributed by atoms with Gasteiger partial charge in [0.2, 0.25) is 5.91 Å². The second kappa shape index (κ2) is 7.74. The summed E-state index contributed by atoms with van der Waals surface area (Å²) >= 11 is 3.25. The third kappa shape index (κ3) is 3.80. The molecule has 1 N–H and O–H groups in total. The van der Waals surface area contributed by atoms with Gasteiger partial charge in [0.1, 0.15) is 0 Å². The zero-order valence-electron chi connectivity index (χ0n) is 14.2. The van der Waals surface area contributed by atoms with Gasteiger partial charge < -0.3 is 14.7 Å². The van der Waals surface area contributed by atoms with Crippen LogP contribution in [0.4, 0.5) is 5.69 Å². The summed E-state index contributed by atoms with van der Waals surface area (Å²) in [6.07, 6.45) is 4.57. The second-order valence-electron chi connectivity index (χ2n) is 5.95. The molecule has 1 aliphatic heterocycles. The Morgan fingerprint density at radius 2 is 2.00 bits per heavy atom. The molecule has 0 saturated carbocycles. The van der Waals surface area contributed by atoms with Crippen molar-refractivity contribution in [3.63, 3.8) is 0 Å². The van der Waals surface area contributed by atoms with Crippen molar-refractivity contribution < 1.29 is 19.4 Å². The first-order chi connectivity index (χ1) is 12.5. The maximum Gasteiger partial charge on any atom is 0.227 e. The molecule has 0 unspecified atom stereocenters. The maximum atomic E-state index is 12.4. The van der Waals surface area contributed by atoms with Gasteiger partial charge in [-0.15, -0.1) is 0 Å². The van der Waals surface area contributed by atoms with Crippen LogP contribution < -0.4 is 9.64 Å². The zero-order chi connectivity index (χ0) is 18.7. The minimum atomic E-state index is -0.146. The Bertz CT molecular complexity index is 874. The van der Waals surface area contributed by atoms with Gasteiger partial charge in [0.15, 0.2) is 17.3 Å². The molecule has 0 aliphatic carbocycles. The van der Waals surface area contributed by atoms with Crippen molar-refractivity contribution in [2.45, 2.75) is 12.8 Å². The number of phenolic OH excluding ortho intramolecular Hbond substituents is 1. The second-order valence-corrected chi connectivity index (χ2v) is 6.80. The number of carbonyl (C=O) groups excluding carboxylic acids is 2. The van der Waals surface area contributed by atoms with E-state index in [0.717, 1.165) is 24.2 Å². The van der Waals surface area contributed by atoms with Crippen molar-refractivity contribution in [3.8, 4) is 11.5 Å². The number of hydrogen-bond donors (Lipinski definition) is 1. The summed E-state index contributed by atoms with van der Waals surface area (Å²) in [7, 11) is 1.47. The summed E-state index contributed by atoms with van der Waals surface area (Å²) in [5.74, 6) is 0.317. The predicted molar refractivity (Wildman–Crippen MR) is 104 cm³/mol. The van der Waals surface area contributed by atoms with E-state index in [0.29, 0.717) is 22.2 Å². The Balaban J connectivity index is 1.74. The number of methoxy groups -OCH3 is 1. The summed E-state index contributed by atoms with van der Waals surface area (Å²) in [6, 6.07) is 10.4. The van der Waals surface area contributed by atoms with Crippen LogP contribution in [0.15, 0.2) is 46.9 Å². The lowest BCUT2D eigenvalue weighted by molar-refractivity contribution is -0.117. The van der Waals surface area contributed by atoms with E-state index in [4.69, 9.17) is 4.74 Å². The largest absolute Gasteiger partial charge is 0.503 e. The highest BCUT2D eigenvalue weighted by atomic mass is 79.9. The van der Waals surface area contributed by atoms with Gasteiger partial charge in [-0.05, 0) is 70.4 Å². The lowest BCUT2D eigenvalue weighted by Crippen LogP contribution is -2.23. The van der Waals surface area contributed by atoms with Crippen molar-refractivity contribution in [2.75, 3.05) is 18.6 Å². The van der Waals surface area contributed by atoms with E-state index >= 15 is 0 Å². The molecule has 1 saturated heterocycles. The Morgan fingerprint density at radius 1 is 1.27 bits per heavy atom. The fourth-order valence-electron chi connectivity index (χ4n) is 2.84. The Kier molecular flexibility index (Phi) is 5.42. The van der Waals surface area contributed by atoms with Crippen LogP contribution in [-0.4, -0.2) is 30.5 Å². The number of nitrogens with zero attached hydrogens (tertiary/aromatic N) is 1. The molecule has 1 amide bonds. The van der Waals surface area contributed by atoms with E-state index in [1.807, 2.05) is 0 Å². The molecular formula is C20H18BrNO4. The SMILES string of the molecule is COc1cc(/C=C/C(=O)c2ccc(N3CCCC3=O)cc2)cc(Br)c1O. The number of phenols is 1. The molecule has 0 bridgehead atoms. The summed E-state index contributed by atoms with van der Waals surface area (Å²) in [4.78, 5) is 25.9. The number of ether oxygens (including phenoxy) is 1. The minimum Gasteiger partial charge on any atom is -0.503 e. The van der Waals surface area contributed by atoms with Gasteiger partial charge in [-0.2, -0.15) is 0 Å². The molecule has 6 heteroatoms. The van der Waals surface area contributed by atoms with Gasteiger partial charge in [0.25, 0.3) is 0 Å². The van der Waals surface area contributed by atoms with Crippen molar-refractivity contribution in [1.29, 1.82) is 0 Å². The van der Waals surface area contributed by atoms with Crippen molar-refractivity contribution in [3.05, 3.63) is 58.1 Å². The standard InChI is InChI=1S/C20H18BrNO4/c1-26-18-12-13(11-16(21)20(18)25)4-9-17(23)14-5-7-15(8-6-14)22-10-2-3-19(22)24/h4-9,11-12,25H,2-3,10H2,1H3/b9-4+. The molecule has 1 fully saturated rings. The van der Waals surface area contributed by atoms with E-state index in [-0.39, 0.29) is 17.4 Å². The number of hydrogen-bond acceptors (Lipinski definition) is 4. The average molecular weight is 416 g/mol. The Labute approximate surface area is 160 Å². The number of carbonyl (C=O) groups is 2. The molecule has 134 valence electrons. The zero-order valence-corrected chi connectivity index (χ0v) is 15.8. The van der Waals surface area contributed by atoms with E-state index in [9.17, 15) is 14.7 Å². The first-order valence-corrected chi connectivity index (χ1v) is 8.98. The van der Waals surface area contributed by atoms with Crippen LogP contribution in [0.1, 0.15) is 28.8 Å². The molecule has 2 aromatic carbocycles. The molecule has 5 nitrogen and oxygen atoms in total. The van der Waals surface area contributed by atoms with Crippen LogP contribution in [0.25, 0.3) is 6.08 Å². The lowest BCUT2D eigenvalue weighted by Gasteiger charge is -2.15. The maximum absolute atomic E-state index is 12.4. The van der Waals surface area contributed by atoms with Crippen LogP contribution in [0.5, 0.6) is 11.5 Å². The van der Waals surface area contributed by atoms with E-state index < -0.39 is 0 Å². The van der Waals surface area contributed by atoms with Crippen molar-refractivity contribution >= 4 is 39.4 Å². The van der Waals surface area contributed by atoms with Gasteiger partial charge in [-0.25, -0.2) is 0 Å². The van der Waals surface area contributed by atoms with Crippen molar-refractivity contribution in [1.82, 2.24) is 0 Å². The monoisotopic (exact) mass is 415 g/mol. The molecule has 0 aromatic heterocycles. The van der Waals surface area contributed by atoms with Crippen molar-refractivity contribution in [2.24, 2.45) is 0 Å². The minimum absolute atomic E-state index is 0.0167. The topological polar surface area (TPSA) is 66.8 Å². The first-order valence-electron chi connectivity index (χ1n) is 8.19. The highest BCUT2D eigenvalue weighted by molar-refractivity contribution is 9.10. The summed E-state index contributed by atoms with van der Waals surface area (Å²) in [6.45, 7) is 0.726. The average Bonchev–Trinajstić information content (AvgIpc) is 3.08. The molecule has 1 heterocycles. The smallest absolute Gasteiger partial charge is 0.227 e. The van der Waals surface area contributed by atoms with Crippen LogP contribution in [0.3, 0.4) is 0 Å². The molecule has 3 rings (SSSR count). The van der Waals surface area contributed by atoms with Gasteiger partial charge in [-0.1, -0.05) is 6.08 Å². The highest BCUT2D eigenvalue weighted by Crippen LogP contribution is 2.35. The van der Waals surface area contributed by atoms with Crippen LogP contribution in [0, 0.1) is 0 Å². The quantitative estimate of drug-likeness (QED) is 0.587. The summed E-state index contributed by atoms with van der Waals surface area (Å²) in [5, 5.41) is 9.82. The molecule has 0 radical (unpaired) electrons. The van der Waals surface area contributed by atoms with E-state index in [1.165, 1.54) is 13.2 Å². The fourth-order valence-corrected chi connectivity index (χ4v) is 3.30. The van der Waals surface area contributed by atoms with E-state index in [2.05, 4.69) is 15.9 Å². The Morgan fingerprint density at radius 3 is 2.62 bits per heavy atom. The predicted octanol–water partition coefficient (Wildman–Crippen LogP) is 4.19. The molecule has 0 atom stereocenters. The normalized spacial score (nSPS) is 14.2. The summed E-state index contributed by atoms with van der Waals surface area (Å²) < 4.78 is 5.59. The number of halogens is 1. The fraction of sp³-hybridized carbons (Fsp3) is 0.200. The van der Waals surface area contributed by atoms with Gasteiger partial charge in [0.05, 0.1) is 11.6 Å². The number of benzene rings is 2. The van der Waals surface area contributed by atoms with Crippen LogP contribution in [-0.2, 0) is 4.79 Å². The Hall–Kier alpha value is -2.60. The molecule has 1 aliphatic rings. The lowest BCUT2D eigenvalue weighted by atomic mass is 10.1. The van der Waals surface area contributed by atoms with E-state index in [1.54, 1.807) is 47.4 Å². The van der Waals surface area contributed by atoms with Gasteiger partial charge >= 0.3 is 0 Å². The molecule has 0 spiro atoms. The number of aromatic hydroxyl groups is 1. The summed E-state index contributed by atoms with van der Waals surface area (Å²) in [5.41, 5.74) is 2.08. The number of allylic oxidation sites excluding steroid dienone is 1. The number of rotatable bonds is 5.